The van der Waals surface area contributed by atoms with Crippen molar-refractivity contribution in [3.63, 3.8) is 0 Å². The summed E-state index contributed by atoms with van der Waals surface area (Å²) in [6.07, 6.45) is 10.8. The Bertz CT molecular complexity index is 692. The summed E-state index contributed by atoms with van der Waals surface area (Å²) in [5.41, 5.74) is 1.36. The lowest BCUT2D eigenvalue weighted by atomic mass is 9.95. The quantitative estimate of drug-likeness (QED) is 0.911. The van der Waals surface area contributed by atoms with E-state index in [9.17, 15) is 5.11 Å². The van der Waals surface area contributed by atoms with Gasteiger partial charge < -0.3 is 9.84 Å². The van der Waals surface area contributed by atoms with Gasteiger partial charge in [0.1, 0.15) is 17.3 Å². The zero-order chi connectivity index (χ0) is 15.8. The largest absolute Gasteiger partial charge is 0.474 e. The summed E-state index contributed by atoms with van der Waals surface area (Å²) in [6, 6.07) is 0. The summed E-state index contributed by atoms with van der Waals surface area (Å²) in [7, 11) is 0. The molecule has 2 heterocycles. The fourth-order valence-corrected chi connectivity index (χ4v) is 5.35. The van der Waals surface area contributed by atoms with Crippen LogP contribution in [-0.2, 0) is 6.42 Å². The van der Waals surface area contributed by atoms with Gasteiger partial charge >= 0.3 is 0 Å². The van der Waals surface area contributed by atoms with Crippen LogP contribution in [0.2, 0.25) is 0 Å². The van der Waals surface area contributed by atoms with Gasteiger partial charge in [-0.15, -0.1) is 11.3 Å². The number of rotatable bonds is 4. The molecule has 1 N–H and O–H groups in total. The van der Waals surface area contributed by atoms with Crippen molar-refractivity contribution in [1.82, 2.24) is 9.97 Å². The molecular formula is C18H24N2O2S. The summed E-state index contributed by atoms with van der Waals surface area (Å²) in [4.78, 5) is 11.4. The van der Waals surface area contributed by atoms with Crippen LogP contribution in [0.4, 0.5) is 0 Å². The van der Waals surface area contributed by atoms with E-state index in [1.165, 1.54) is 29.7 Å². The number of hydrogen-bond donors (Lipinski definition) is 1. The lowest BCUT2D eigenvalue weighted by Gasteiger charge is -2.23. The van der Waals surface area contributed by atoms with Crippen molar-refractivity contribution in [1.29, 1.82) is 0 Å². The van der Waals surface area contributed by atoms with E-state index in [1.54, 1.807) is 17.7 Å². The molecule has 0 aliphatic heterocycles. The van der Waals surface area contributed by atoms with Crippen molar-refractivity contribution in [2.75, 3.05) is 0 Å². The number of fused-ring (bicyclic) bond motifs is 3. The summed E-state index contributed by atoms with van der Waals surface area (Å²) >= 11 is 1.78. The Morgan fingerprint density at radius 3 is 2.87 bits per heavy atom. The molecule has 1 saturated carbocycles. The number of ether oxygens (including phenoxy) is 1. The predicted molar refractivity (Wildman–Crippen MR) is 92.3 cm³/mol. The minimum absolute atomic E-state index is 0.270. The van der Waals surface area contributed by atoms with Crippen molar-refractivity contribution in [3.8, 4) is 5.88 Å². The Hall–Kier alpha value is -1.20. The number of aliphatic hydroxyl groups excluding tert-OH is 1. The van der Waals surface area contributed by atoms with Gasteiger partial charge in [0.2, 0.25) is 5.88 Å². The third-order valence-corrected chi connectivity index (χ3v) is 6.32. The topological polar surface area (TPSA) is 55.2 Å². The molecule has 2 aromatic rings. The van der Waals surface area contributed by atoms with Gasteiger partial charge in [-0.2, -0.15) is 0 Å². The minimum atomic E-state index is -0.270. The third kappa shape index (κ3) is 2.96. The fraction of sp³-hybridized carbons (Fsp3) is 0.667. The molecule has 1 fully saturated rings. The number of aliphatic hydroxyl groups is 1. The first-order valence-corrected chi connectivity index (χ1v) is 9.65. The maximum absolute atomic E-state index is 9.82. The lowest BCUT2D eigenvalue weighted by Crippen LogP contribution is -2.20. The van der Waals surface area contributed by atoms with E-state index in [2.05, 4.69) is 9.97 Å². The highest BCUT2D eigenvalue weighted by Crippen LogP contribution is 2.47. The van der Waals surface area contributed by atoms with Gasteiger partial charge in [0.25, 0.3) is 0 Å². The molecule has 0 saturated heterocycles. The van der Waals surface area contributed by atoms with Gasteiger partial charge in [0.05, 0.1) is 11.5 Å². The van der Waals surface area contributed by atoms with Crippen molar-refractivity contribution < 1.29 is 9.84 Å². The van der Waals surface area contributed by atoms with Gasteiger partial charge in [-0.3, -0.25) is 0 Å². The van der Waals surface area contributed by atoms with Crippen LogP contribution in [0, 0.1) is 0 Å². The van der Waals surface area contributed by atoms with Crippen molar-refractivity contribution in [2.45, 2.75) is 76.4 Å². The Balaban J connectivity index is 1.71. The number of aromatic nitrogens is 2. The Morgan fingerprint density at radius 1 is 1.26 bits per heavy atom. The molecule has 4 nitrogen and oxygen atoms in total. The molecule has 5 heteroatoms. The second-order valence-corrected chi connectivity index (χ2v) is 8.08. The molecule has 0 bridgehead atoms. The van der Waals surface area contributed by atoms with Crippen LogP contribution in [0.1, 0.15) is 68.2 Å². The smallest absolute Gasteiger partial charge is 0.225 e. The minimum Gasteiger partial charge on any atom is -0.474 e. The van der Waals surface area contributed by atoms with E-state index in [1.807, 2.05) is 6.92 Å². The summed E-state index contributed by atoms with van der Waals surface area (Å²) in [6.45, 7) is 1.88. The molecule has 0 aromatic carbocycles. The molecule has 4 rings (SSSR count). The summed E-state index contributed by atoms with van der Waals surface area (Å²) < 4.78 is 6.30. The van der Waals surface area contributed by atoms with Crippen LogP contribution in [0.5, 0.6) is 5.88 Å². The predicted octanol–water partition coefficient (Wildman–Crippen LogP) is 4.20. The van der Waals surface area contributed by atoms with Gasteiger partial charge in [-0.25, -0.2) is 9.97 Å². The summed E-state index contributed by atoms with van der Waals surface area (Å²) in [5.74, 6) is 1.19. The zero-order valence-electron chi connectivity index (χ0n) is 13.6. The van der Waals surface area contributed by atoms with Gasteiger partial charge in [0.15, 0.2) is 0 Å². The molecule has 124 valence electrons. The van der Waals surface area contributed by atoms with Crippen LogP contribution in [-0.4, -0.2) is 27.3 Å². The van der Waals surface area contributed by atoms with Crippen LogP contribution < -0.4 is 4.74 Å². The molecule has 23 heavy (non-hydrogen) atoms. The van der Waals surface area contributed by atoms with Crippen LogP contribution >= 0.6 is 11.3 Å². The van der Waals surface area contributed by atoms with Crippen molar-refractivity contribution in [2.24, 2.45) is 0 Å². The molecule has 0 unspecified atom stereocenters. The molecule has 2 atom stereocenters. The molecule has 2 aromatic heterocycles. The lowest BCUT2D eigenvalue weighted by molar-refractivity contribution is 0.150. The third-order valence-electron chi connectivity index (χ3n) is 5.15. The molecular weight excluding hydrogens is 308 g/mol. The first kappa shape index (κ1) is 15.3. The second kappa shape index (κ2) is 6.36. The summed E-state index contributed by atoms with van der Waals surface area (Å²) in [5, 5.41) is 10.9. The van der Waals surface area contributed by atoms with E-state index < -0.39 is 0 Å². The van der Waals surface area contributed by atoms with Gasteiger partial charge in [-0.05, 0) is 63.4 Å². The van der Waals surface area contributed by atoms with Gasteiger partial charge in [-0.1, -0.05) is 6.42 Å². The van der Waals surface area contributed by atoms with Crippen molar-refractivity contribution >= 4 is 21.6 Å². The molecule has 0 radical (unpaired) electrons. The molecule has 0 spiro atoms. The second-order valence-electron chi connectivity index (χ2n) is 7.00. The zero-order valence-corrected chi connectivity index (χ0v) is 14.4. The molecule has 2 aliphatic rings. The first-order valence-electron chi connectivity index (χ1n) is 8.83. The normalized spacial score (nSPS) is 23.1. The Kier molecular flexibility index (Phi) is 4.24. The highest BCUT2D eigenvalue weighted by atomic mass is 32.1. The van der Waals surface area contributed by atoms with E-state index in [0.29, 0.717) is 12.0 Å². The fourth-order valence-electron chi connectivity index (χ4n) is 4.12. The van der Waals surface area contributed by atoms with E-state index in [4.69, 9.17) is 4.74 Å². The number of hydrogen-bond acceptors (Lipinski definition) is 5. The SMILES string of the molecule is C[C@H](O)C[C@H]1CCc2sc3ncnc(OC4CCCCC4)c3c21. The standard InChI is InChI=1S/C18H24N2O2S/c1-11(21)9-12-7-8-14-15(12)16-17(19-10-20-18(16)23-14)22-13-5-3-2-4-6-13/h10-13,21H,2-9H2,1H3/t11-,12+/m0/s1. The highest BCUT2D eigenvalue weighted by Gasteiger charge is 2.31. The molecule has 0 amide bonds. The van der Waals surface area contributed by atoms with E-state index in [-0.39, 0.29) is 6.10 Å². The van der Waals surface area contributed by atoms with Gasteiger partial charge in [0, 0.05) is 4.88 Å². The Morgan fingerprint density at radius 2 is 2.09 bits per heavy atom. The van der Waals surface area contributed by atoms with Crippen LogP contribution in [0.15, 0.2) is 6.33 Å². The average Bonchev–Trinajstić information content (AvgIpc) is 3.08. The average molecular weight is 332 g/mol. The maximum atomic E-state index is 9.82. The van der Waals surface area contributed by atoms with E-state index >= 15 is 0 Å². The Labute approximate surface area is 140 Å². The van der Waals surface area contributed by atoms with Crippen molar-refractivity contribution in [3.05, 3.63) is 16.8 Å². The highest BCUT2D eigenvalue weighted by molar-refractivity contribution is 7.19. The first-order chi connectivity index (χ1) is 11.2. The van der Waals surface area contributed by atoms with Crippen LogP contribution in [0.3, 0.4) is 0 Å². The molecule has 2 aliphatic carbocycles. The number of thiophene rings is 1. The number of nitrogens with zero attached hydrogens (tertiary/aromatic N) is 2. The van der Waals surface area contributed by atoms with E-state index in [0.717, 1.165) is 48.2 Å². The monoisotopic (exact) mass is 332 g/mol. The maximum Gasteiger partial charge on any atom is 0.225 e. The number of aryl methyl sites for hydroxylation is 1. The van der Waals surface area contributed by atoms with Crippen LogP contribution in [0.25, 0.3) is 10.2 Å².